The van der Waals surface area contributed by atoms with Crippen molar-refractivity contribution >= 4 is 22.4 Å². The average Bonchev–Trinajstić information content (AvgIpc) is 3.47. The summed E-state index contributed by atoms with van der Waals surface area (Å²) >= 11 is 0. The number of hydrogen-bond acceptors (Lipinski definition) is 3. The molecule has 0 amide bonds. The van der Waals surface area contributed by atoms with Gasteiger partial charge in [-0.25, -0.2) is 9.07 Å². The number of anilines is 1. The molecule has 4 aromatic rings. The van der Waals surface area contributed by atoms with Gasteiger partial charge in [0.05, 0.1) is 5.69 Å². The van der Waals surface area contributed by atoms with Crippen molar-refractivity contribution in [1.29, 1.82) is 5.41 Å². The molecule has 32 heavy (non-hydrogen) atoms. The first-order valence-electron chi connectivity index (χ1n) is 11.0. The molecule has 1 saturated heterocycles. The van der Waals surface area contributed by atoms with E-state index < -0.39 is 0 Å². The Labute approximate surface area is 187 Å². The van der Waals surface area contributed by atoms with Crippen molar-refractivity contribution in [2.45, 2.75) is 26.3 Å². The van der Waals surface area contributed by atoms with Gasteiger partial charge in [-0.3, -0.25) is 5.41 Å². The summed E-state index contributed by atoms with van der Waals surface area (Å²) in [6, 6.07) is 21.1. The maximum atomic E-state index is 14.9. The summed E-state index contributed by atoms with van der Waals surface area (Å²) < 4.78 is 16.5. The molecule has 0 spiro atoms. The minimum atomic E-state index is -0.306. The molecule has 5 nitrogen and oxygen atoms in total. The molecule has 5 rings (SSSR count). The summed E-state index contributed by atoms with van der Waals surface area (Å²) in [6.07, 6.45) is 2.32. The van der Waals surface area contributed by atoms with Crippen molar-refractivity contribution in [3.05, 3.63) is 89.4 Å². The van der Waals surface area contributed by atoms with Crippen LogP contribution in [0.15, 0.2) is 66.7 Å². The summed E-state index contributed by atoms with van der Waals surface area (Å²) in [5.74, 6) is 1.03. The Morgan fingerprint density at radius 1 is 1.00 bits per heavy atom. The van der Waals surface area contributed by atoms with Gasteiger partial charge in [0.1, 0.15) is 23.2 Å². The van der Waals surface area contributed by atoms with Gasteiger partial charge in [0.15, 0.2) is 0 Å². The van der Waals surface area contributed by atoms with Crippen molar-refractivity contribution in [2.24, 2.45) is 0 Å². The molecule has 1 aliphatic heterocycles. The van der Waals surface area contributed by atoms with Crippen LogP contribution in [-0.4, -0.2) is 33.6 Å². The molecule has 0 radical (unpaired) electrons. The molecule has 1 aliphatic rings. The van der Waals surface area contributed by atoms with E-state index in [0.29, 0.717) is 18.1 Å². The average molecular weight is 428 g/mol. The Morgan fingerprint density at radius 3 is 2.41 bits per heavy atom. The molecule has 1 fully saturated rings. The van der Waals surface area contributed by atoms with E-state index in [1.807, 2.05) is 67.6 Å². The Morgan fingerprint density at radius 2 is 1.69 bits per heavy atom. The predicted octanol–water partition coefficient (Wildman–Crippen LogP) is 5.51. The number of fused-ring (bicyclic) bond motifs is 1. The van der Waals surface area contributed by atoms with Crippen LogP contribution >= 0.6 is 0 Å². The molecule has 0 saturated carbocycles. The lowest BCUT2D eigenvalue weighted by molar-refractivity contribution is 0.517. The lowest BCUT2D eigenvalue weighted by Crippen LogP contribution is -2.27. The number of likely N-dealkylation sites (tertiary alicyclic amines) is 1. The van der Waals surface area contributed by atoms with Crippen LogP contribution in [0.2, 0.25) is 0 Å². The van der Waals surface area contributed by atoms with E-state index in [4.69, 9.17) is 5.41 Å². The number of benzene rings is 3. The zero-order valence-electron chi connectivity index (χ0n) is 18.1. The smallest absolute Gasteiger partial charge is 0.149 e. The second-order valence-corrected chi connectivity index (χ2v) is 8.33. The standard InChI is InChI=1S/C26H26FN5/c1-18-14-25(32(30-18)24-16-22-7-3-2-6-21(22)15-23(24)27)29-17-19-8-10-20(11-9-19)26(28)31-12-4-5-13-31/h2-3,6-11,14-16,28-29H,4-5,12-13,17H2,1H3. The molecule has 3 aromatic carbocycles. The maximum absolute atomic E-state index is 14.9. The summed E-state index contributed by atoms with van der Waals surface area (Å²) in [5.41, 5.74) is 3.27. The molecule has 0 bridgehead atoms. The highest BCUT2D eigenvalue weighted by atomic mass is 19.1. The van der Waals surface area contributed by atoms with Crippen molar-refractivity contribution in [1.82, 2.24) is 14.7 Å². The molecule has 6 heteroatoms. The highest BCUT2D eigenvalue weighted by Crippen LogP contribution is 2.25. The summed E-state index contributed by atoms with van der Waals surface area (Å²) in [6.45, 7) is 4.42. The number of nitrogens with one attached hydrogen (secondary N) is 2. The number of amidine groups is 1. The summed E-state index contributed by atoms with van der Waals surface area (Å²) in [7, 11) is 0. The normalized spacial score (nSPS) is 13.6. The minimum absolute atomic E-state index is 0.306. The topological polar surface area (TPSA) is 56.9 Å². The van der Waals surface area contributed by atoms with Gasteiger partial charge in [0.25, 0.3) is 0 Å². The first-order valence-corrected chi connectivity index (χ1v) is 11.0. The van der Waals surface area contributed by atoms with E-state index in [9.17, 15) is 4.39 Å². The van der Waals surface area contributed by atoms with E-state index in [1.54, 1.807) is 10.7 Å². The molecule has 162 valence electrons. The Balaban J connectivity index is 1.35. The van der Waals surface area contributed by atoms with Crippen molar-refractivity contribution in [3.63, 3.8) is 0 Å². The molecule has 0 aliphatic carbocycles. The van der Waals surface area contributed by atoms with Gasteiger partial charge < -0.3 is 10.2 Å². The van der Waals surface area contributed by atoms with Crippen LogP contribution in [0.3, 0.4) is 0 Å². The molecule has 2 N–H and O–H groups in total. The highest BCUT2D eigenvalue weighted by molar-refractivity contribution is 5.96. The molecular formula is C26H26FN5. The monoisotopic (exact) mass is 427 g/mol. The van der Waals surface area contributed by atoms with Gasteiger partial charge in [-0.2, -0.15) is 5.10 Å². The van der Waals surface area contributed by atoms with Crippen LogP contribution in [-0.2, 0) is 6.54 Å². The fourth-order valence-electron chi connectivity index (χ4n) is 4.27. The zero-order chi connectivity index (χ0) is 22.1. The van der Waals surface area contributed by atoms with Crippen molar-refractivity contribution in [3.8, 4) is 5.69 Å². The molecule has 2 heterocycles. The quantitative estimate of drug-likeness (QED) is 0.326. The van der Waals surface area contributed by atoms with Gasteiger partial charge in [-0.05, 0) is 48.2 Å². The number of aromatic nitrogens is 2. The van der Waals surface area contributed by atoms with Crippen molar-refractivity contribution < 1.29 is 4.39 Å². The lowest BCUT2D eigenvalue weighted by Gasteiger charge is -2.18. The zero-order valence-corrected chi connectivity index (χ0v) is 18.1. The summed E-state index contributed by atoms with van der Waals surface area (Å²) in [5, 5.41) is 18.2. The van der Waals surface area contributed by atoms with Gasteiger partial charge in [0, 0.05) is 31.3 Å². The first-order chi connectivity index (χ1) is 15.6. The van der Waals surface area contributed by atoms with E-state index in [-0.39, 0.29) is 5.82 Å². The number of nitrogens with zero attached hydrogens (tertiary/aromatic N) is 3. The minimum Gasteiger partial charge on any atom is -0.366 e. The van der Waals surface area contributed by atoms with Crippen LogP contribution in [0.1, 0.15) is 29.7 Å². The molecule has 0 unspecified atom stereocenters. The SMILES string of the molecule is Cc1cc(NCc2ccc(C(=N)N3CCCC3)cc2)n(-c2cc3ccccc3cc2F)n1. The van der Waals surface area contributed by atoms with E-state index in [0.717, 1.165) is 59.3 Å². The fourth-order valence-corrected chi connectivity index (χ4v) is 4.27. The predicted molar refractivity (Wildman–Crippen MR) is 127 cm³/mol. The van der Waals surface area contributed by atoms with Gasteiger partial charge >= 0.3 is 0 Å². The van der Waals surface area contributed by atoms with E-state index in [1.165, 1.54) is 0 Å². The van der Waals surface area contributed by atoms with Crippen LogP contribution in [0.5, 0.6) is 0 Å². The largest absolute Gasteiger partial charge is 0.366 e. The molecule has 1 aromatic heterocycles. The maximum Gasteiger partial charge on any atom is 0.149 e. The number of rotatable bonds is 5. The third-order valence-corrected chi connectivity index (χ3v) is 6.00. The van der Waals surface area contributed by atoms with E-state index >= 15 is 0 Å². The van der Waals surface area contributed by atoms with Crippen LogP contribution < -0.4 is 5.32 Å². The first kappa shape index (κ1) is 20.2. The number of halogens is 1. The van der Waals surface area contributed by atoms with Gasteiger partial charge in [-0.15, -0.1) is 0 Å². The third kappa shape index (κ3) is 3.96. The van der Waals surface area contributed by atoms with Crippen LogP contribution in [0, 0.1) is 18.2 Å². The van der Waals surface area contributed by atoms with E-state index in [2.05, 4.69) is 15.3 Å². The van der Waals surface area contributed by atoms with Crippen LogP contribution in [0.25, 0.3) is 16.5 Å². The van der Waals surface area contributed by atoms with Gasteiger partial charge in [-0.1, -0.05) is 48.5 Å². The van der Waals surface area contributed by atoms with Gasteiger partial charge in [0.2, 0.25) is 0 Å². The second-order valence-electron chi connectivity index (χ2n) is 8.33. The van der Waals surface area contributed by atoms with Crippen molar-refractivity contribution in [2.75, 3.05) is 18.4 Å². The van der Waals surface area contributed by atoms with Crippen LogP contribution in [0.4, 0.5) is 10.2 Å². The Hall–Kier alpha value is -3.67. The lowest BCUT2D eigenvalue weighted by atomic mass is 10.1. The third-order valence-electron chi connectivity index (χ3n) is 6.00. The molecular weight excluding hydrogens is 401 g/mol. The fraction of sp³-hybridized carbons (Fsp3) is 0.231. The highest BCUT2D eigenvalue weighted by Gasteiger charge is 2.16. The molecule has 0 atom stereocenters. The Bertz CT molecular complexity index is 1270. The number of aryl methyl sites for hydroxylation is 1. The number of hydrogen-bond donors (Lipinski definition) is 2. The Kier molecular flexibility index (Phi) is 5.35. The summed E-state index contributed by atoms with van der Waals surface area (Å²) in [4.78, 5) is 2.13. The second kappa shape index (κ2) is 8.46.